The maximum atomic E-state index is 11.7. The third-order valence-electron chi connectivity index (χ3n) is 5.55. The van der Waals surface area contributed by atoms with Gasteiger partial charge in [-0.25, -0.2) is 4.79 Å². The zero-order valence-electron chi connectivity index (χ0n) is 19.4. The van der Waals surface area contributed by atoms with Gasteiger partial charge in [-0.1, -0.05) is 64.1 Å². The van der Waals surface area contributed by atoms with E-state index < -0.39 is 8.32 Å². The number of carbonyl (C=O) groups excluding carboxylic acids is 1. The van der Waals surface area contributed by atoms with E-state index in [1.807, 2.05) is 31.2 Å². The molecular weight excluding hydrogens is 380 g/mol. The molecule has 1 aromatic carbocycles. The first-order valence-corrected chi connectivity index (χ1v) is 13.6. The lowest BCUT2D eigenvalue weighted by molar-refractivity contribution is -0.137. The lowest BCUT2D eigenvalue weighted by Gasteiger charge is -2.40. The van der Waals surface area contributed by atoms with E-state index in [2.05, 4.69) is 52.9 Å². The molecule has 0 aliphatic rings. The predicted octanol–water partition coefficient (Wildman–Crippen LogP) is 6.13. The molecule has 0 aromatic heterocycles. The second kappa shape index (κ2) is 12.3. The first kappa shape index (κ1) is 25.6. The molecule has 1 rings (SSSR count). The van der Waals surface area contributed by atoms with Gasteiger partial charge >= 0.3 is 5.97 Å². The Bertz CT molecular complexity index is 620. The molecule has 0 bridgehead atoms. The number of esters is 1. The van der Waals surface area contributed by atoms with E-state index in [9.17, 15) is 4.79 Å². The molecule has 1 aromatic rings. The van der Waals surface area contributed by atoms with Crippen LogP contribution in [0.4, 0.5) is 0 Å². The normalized spacial score (nSPS) is 14.7. The quantitative estimate of drug-likeness (QED) is 0.177. The van der Waals surface area contributed by atoms with E-state index in [1.165, 1.54) is 11.6 Å². The van der Waals surface area contributed by atoms with Crippen molar-refractivity contribution in [1.29, 1.82) is 0 Å². The topological polar surface area (TPSA) is 44.8 Å². The second-order valence-electron chi connectivity index (χ2n) is 9.07. The van der Waals surface area contributed by atoms with Crippen molar-refractivity contribution in [1.82, 2.24) is 0 Å². The summed E-state index contributed by atoms with van der Waals surface area (Å²) in [5.74, 6) is -0.167. The molecule has 4 nitrogen and oxygen atoms in total. The number of rotatable bonds is 12. The molecule has 0 saturated carbocycles. The highest BCUT2D eigenvalue weighted by Crippen LogP contribution is 2.38. The molecule has 5 heteroatoms. The van der Waals surface area contributed by atoms with Crippen molar-refractivity contribution < 1.29 is 18.7 Å². The number of hydrogen-bond acceptors (Lipinski definition) is 4. The van der Waals surface area contributed by atoms with Crippen LogP contribution in [0.5, 0.6) is 0 Å². The Kier molecular flexibility index (Phi) is 10.9. The van der Waals surface area contributed by atoms with Gasteiger partial charge in [0, 0.05) is 12.7 Å². The largest absolute Gasteiger partial charge is 0.463 e. The molecule has 2 atom stereocenters. The van der Waals surface area contributed by atoms with Gasteiger partial charge in [-0.15, -0.1) is 0 Å². The summed E-state index contributed by atoms with van der Waals surface area (Å²) in [7, 11) is -1.91. The fourth-order valence-electron chi connectivity index (χ4n) is 2.68. The summed E-state index contributed by atoms with van der Waals surface area (Å²) in [6.07, 6.45) is 5.32. The maximum absolute atomic E-state index is 11.7. The van der Waals surface area contributed by atoms with Crippen LogP contribution in [-0.4, -0.2) is 33.6 Å². The fourth-order valence-corrected chi connectivity index (χ4v) is 4.12. The minimum atomic E-state index is -1.91. The van der Waals surface area contributed by atoms with Gasteiger partial charge in [-0.3, -0.25) is 0 Å². The van der Waals surface area contributed by atoms with Gasteiger partial charge in [-0.2, -0.15) is 0 Å². The molecule has 164 valence electrons. The van der Waals surface area contributed by atoms with Crippen LogP contribution >= 0.6 is 0 Å². The van der Waals surface area contributed by atoms with E-state index in [-0.39, 0.29) is 23.0 Å². The standard InChI is InChI=1S/C24H40O4Si/c1-8-27-23(25)17-16-20(2)22(28-29(6,7)24(3,4)5)15-12-18-26-19-21-13-10-9-11-14-21/h9-11,13-14,16-17,20,22H,8,12,15,18-19H2,1-7H3/b17-16+/t20-,22-/m0/s1. The highest BCUT2D eigenvalue weighted by Gasteiger charge is 2.39. The molecule has 0 aliphatic heterocycles. The van der Waals surface area contributed by atoms with Gasteiger partial charge in [0.1, 0.15) is 0 Å². The van der Waals surface area contributed by atoms with Gasteiger partial charge in [0.2, 0.25) is 0 Å². The summed E-state index contributed by atoms with van der Waals surface area (Å²) >= 11 is 0. The van der Waals surface area contributed by atoms with E-state index in [4.69, 9.17) is 13.9 Å². The van der Waals surface area contributed by atoms with Gasteiger partial charge < -0.3 is 13.9 Å². The van der Waals surface area contributed by atoms with Crippen molar-refractivity contribution >= 4 is 14.3 Å². The molecule has 0 radical (unpaired) electrons. The molecule has 0 saturated heterocycles. The highest BCUT2D eigenvalue weighted by atomic mass is 28.4. The van der Waals surface area contributed by atoms with Crippen molar-refractivity contribution in [2.24, 2.45) is 5.92 Å². The Morgan fingerprint density at radius 2 is 1.83 bits per heavy atom. The van der Waals surface area contributed by atoms with Gasteiger partial charge in [0.25, 0.3) is 0 Å². The van der Waals surface area contributed by atoms with Gasteiger partial charge in [0.15, 0.2) is 8.32 Å². The third-order valence-corrected chi connectivity index (χ3v) is 10.1. The number of ether oxygens (including phenoxy) is 2. The Labute approximate surface area is 178 Å². The zero-order valence-corrected chi connectivity index (χ0v) is 20.4. The van der Waals surface area contributed by atoms with E-state index in [0.717, 1.165) is 12.8 Å². The summed E-state index contributed by atoms with van der Waals surface area (Å²) in [4.78, 5) is 11.7. The second-order valence-corrected chi connectivity index (χ2v) is 13.8. The van der Waals surface area contributed by atoms with Crippen molar-refractivity contribution in [3.63, 3.8) is 0 Å². The smallest absolute Gasteiger partial charge is 0.330 e. The third kappa shape index (κ3) is 9.74. The minimum Gasteiger partial charge on any atom is -0.463 e. The molecule has 0 unspecified atom stereocenters. The first-order valence-electron chi connectivity index (χ1n) is 10.7. The molecular formula is C24H40O4Si. The van der Waals surface area contributed by atoms with Crippen LogP contribution in [0.2, 0.25) is 18.1 Å². The fraction of sp³-hybridized carbons (Fsp3) is 0.625. The minimum absolute atomic E-state index is 0.0573. The molecule has 0 fully saturated rings. The average Bonchev–Trinajstić information content (AvgIpc) is 2.65. The summed E-state index contributed by atoms with van der Waals surface area (Å²) < 4.78 is 17.5. The zero-order chi connectivity index (χ0) is 21.9. The number of benzene rings is 1. The summed E-state index contributed by atoms with van der Waals surface area (Å²) in [6.45, 7) is 16.9. The first-order chi connectivity index (χ1) is 13.6. The van der Waals surface area contributed by atoms with Crippen molar-refractivity contribution in [2.45, 2.75) is 78.3 Å². The van der Waals surface area contributed by atoms with Crippen molar-refractivity contribution in [3.8, 4) is 0 Å². The average molecular weight is 421 g/mol. The van der Waals surface area contributed by atoms with Crippen LogP contribution < -0.4 is 0 Å². The monoisotopic (exact) mass is 420 g/mol. The molecule has 29 heavy (non-hydrogen) atoms. The molecule has 0 spiro atoms. The molecule has 0 aliphatic carbocycles. The summed E-state index contributed by atoms with van der Waals surface area (Å²) in [5, 5.41) is 0.139. The predicted molar refractivity (Wildman–Crippen MR) is 122 cm³/mol. The van der Waals surface area contributed by atoms with Crippen molar-refractivity contribution in [3.05, 3.63) is 48.0 Å². The Hall–Kier alpha value is -1.43. The summed E-state index contributed by atoms with van der Waals surface area (Å²) in [6, 6.07) is 10.2. The van der Waals surface area contributed by atoms with Gasteiger partial charge in [-0.05, 0) is 49.4 Å². The SMILES string of the molecule is CCOC(=O)/C=C/[C@H](C)[C@H](CCCOCc1ccccc1)O[Si](C)(C)C(C)(C)C. The molecule has 0 amide bonds. The van der Waals surface area contributed by atoms with Gasteiger partial charge in [0.05, 0.1) is 19.3 Å². The molecule has 0 N–H and O–H groups in total. The van der Waals surface area contributed by atoms with Crippen LogP contribution in [0.15, 0.2) is 42.5 Å². The van der Waals surface area contributed by atoms with E-state index in [1.54, 1.807) is 0 Å². The number of carbonyl (C=O) groups is 1. The van der Waals surface area contributed by atoms with Crippen LogP contribution in [0.1, 0.15) is 53.0 Å². The Morgan fingerprint density at radius 1 is 1.17 bits per heavy atom. The summed E-state index contributed by atoms with van der Waals surface area (Å²) in [5.41, 5.74) is 1.19. The van der Waals surface area contributed by atoms with E-state index in [0.29, 0.717) is 19.8 Å². The molecule has 0 heterocycles. The lowest BCUT2D eigenvalue weighted by Crippen LogP contribution is -2.45. The van der Waals surface area contributed by atoms with Crippen LogP contribution in [0, 0.1) is 5.92 Å². The Balaban J connectivity index is 2.65. The highest BCUT2D eigenvalue weighted by molar-refractivity contribution is 6.74. The van der Waals surface area contributed by atoms with Crippen LogP contribution in [0.25, 0.3) is 0 Å². The van der Waals surface area contributed by atoms with Crippen LogP contribution in [-0.2, 0) is 25.3 Å². The number of hydrogen-bond donors (Lipinski definition) is 0. The lowest BCUT2D eigenvalue weighted by atomic mass is 10.00. The van der Waals surface area contributed by atoms with Crippen LogP contribution in [0.3, 0.4) is 0 Å². The van der Waals surface area contributed by atoms with Crippen molar-refractivity contribution in [2.75, 3.05) is 13.2 Å². The Morgan fingerprint density at radius 3 is 2.41 bits per heavy atom. The van der Waals surface area contributed by atoms with E-state index >= 15 is 0 Å². The maximum Gasteiger partial charge on any atom is 0.330 e.